The maximum absolute atomic E-state index is 12.7. The topological polar surface area (TPSA) is 96.5 Å². The van der Waals surface area contributed by atoms with Gasteiger partial charge in [-0.05, 0) is 26.8 Å². The van der Waals surface area contributed by atoms with E-state index in [4.69, 9.17) is 9.05 Å². The second-order valence-corrected chi connectivity index (χ2v) is 6.63. The lowest BCUT2D eigenvalue weighted by Crippen LogP contribution is -2.06. The SMILES string of the molecule is CCOP(=O)(Cn1c(C)nc2ccc([N+](=O)[O-])cc21)OCC. The van der Waals surface area contributed by atoms with Gasteiger partial charge in [-0.1, -0.05) is 0 Å². The van der Waals surface area contributed by atoms with Crippen LogP contribution < -0.4 is 0 Å². The largest absolute Gasteiger partial charge is 0.350 e. The Morgan fingerprint density at radius 3 is 2.50 bits per heavy atom. The van der Waals surface area contributed by atoms with Gasteiger partial charge in [0.25, 0.3) is 5.69 Å². The number of rotatable bonds is 7. The van der Waals surface area contributed by atoms with Gasteiger partial charge in [0.1, 0.15) is 12.1 Å². The van der Waals surface area contributed by atoms with Gasteiger partial charge in [-0.3, -0.25) is 14.7 Å². The number of aryl methyl sites for hydroxylation is 1. The molecule has 1 aromatic heterocycles. The van der Waals surface area contributed by atoms with Gasteiger partial charge in [0.05, 0.1) is 29.2 Å². The first-order valence-electron chi connectivity index (χ1n) is 6.89. The van der Waals surface area contributed by atoms with Crippen molar-refractivity contribution in [2.45, 2.75) is 27.1 Å². The van der Waals surface area contributed by atoms with Crippen LogP contribution in [0.25, 0.3) is 11.0 Å². The molecule has 2 rings (SSSR count). The fourth-order valence-corrected chi connectivity index (χ4v) is 3.94. The fourth-order valence-electron chi connectivity index (χ4n) is 2.21. The summed E-state index contributed by atoms with van der Waals surface area (Å²) in [6.45, 7) is 5.71. The predicted octanol–water partition coefficient (Wildman–Crippen LogP) is 3.48. The standard InChI is InChI=1S/C13H18N3O5P/c1-4-20-22(19,21-5-2)9-15-10(3)14-12-7-6-11(16(17)18)8-13(12)15/h6-8H,4-5,9H2,1-3H3. The van der Waals surface area contributed by atoms with E-state index in [9.17, 15) is 14.7 Å². The van der Waals surface area contributed by atoms with Crippen molar-refractivity contribution < 1.29 is 18.5 Å². The minimum Gasteiger partial charge on any atom is -0.316 e. The van der Waals surface area contributed by atoms with Gasteiger partial charge in [0.2, 0.25) is 0 Å². The molecule has 0 amide bonds. The summed E-state index contributed by atoms with van der Waals surface area (Å²) in [6.07, 6.45) is -0.0296. The zero-order valence-electron chi connectivity index (χ0n) is 12.7. The number of aromatic nitrogens is 2. The first-order chi connectivity index (χ1) is 10.4. The Hall–Kier alpha value is -1.76. The molecule has 0 fully saturated rings. The Balaban J connectivity index is 2.49. The van der Waals surface area contributed by atoms with Gasteiger partial charge in [0.15, 0.2) is 0 Å². The van der Waals surface area contributed by atoms with Crippen molar-refractivity contribution in [3.8, 4) is 0 Å². The molecular weight excluding hydrogens is 309 g/mol. The van der Waals surface area contributed by atoms with Crippen molar-refractivity contribution >= 4 is 24.3 Å². The van der Waals surface area contributed by atoms with Crippen molar-refractivity contribution in [1.29, 1.82) is 0 Å². The second-order valence-electron chi connectivity index (χ2n) is 4.61. The molecule has 0 spiro atoms. The Bertz CT molecular complexity index is 733. The number of benzene rings is 1. The van der Waals surface area contributed by atoms with Crippen molar-refractivity contribution in [2.24, 2.45) is 0 Å². The molecule has 0 unspecified atom stereocenters. The van der Waals surface area contributed by atoms with Crippen LogP contribution >= 0.6 is 7.60 Å². The summed E-state index contributed by atoms with van der Waals surface area (Å²) < 4.78 is 24.9. The van der Waals surface area contributed by atoms with E-state index in [-0.39, 0.29) is 25.2 Å². The summed E-state index contributed by atoms with van der Waals surface area (Å²) in [5.41, 5.74) is 1.09. The highest BCUT2D eigenvalue weighted by Gasteiger charge is 2.26. The molecule has 0 aliphatic heterocycles. The summed E-state index contributed by atoms with van der Waals surface area (Å²) in [7, 11) is -3.33. The zero-order chi connectivity index (χ0) is 16.3. The number of hydrogen-bond donors (Lipinski definition) is 0. The van der Waals surface area contributed by atoms with Gasteiger partial charge >= 0.3 is 7.60 Å². The van der Waals surface area contributed by atoms with Crippen LogP contribution in [0.15, 0.2) is 18.2 Å². The highest BCUT2D eigenvalue weighted by Crippen LogP contribution is 2.50. The Morgan fingerprint density at radius 1 is 1.32 bits per heavy atom. The van der Waals surface area contributed by atoms with E-state index in [1.54, 1.807) is 31.4 Å². The number of imidazole rings is 1. The molecule has 0 saturated carbocycles. The first-order valence-corrected chi connectivity index (χ1v) is 8.62. The van der Waals surface area contributed by atoms with Crippen LogP contribution in [0.1, 0.15) is 19.7 Å². The lowest BCUT2D eigenvalue weighted by molar-refractivity contribution is -0.384. The van der Waals surface area contributed by atoms with Crippen LogP contribution in [-0.2, 0) is 19.9 Å². The molecule has 0 radical (unpaired) electrons. The van der Waals surface area contributed by atoms with E-state index in [0.29, 0.717) is 16.9 Å². The van der Waals surface area contributed by atoms with Crippen molar-refractivity contribution in [3.63, 3.8) is 0 Å². The van der Waals surface area contributed by atoms with Crippen LogP contribution in [-0.4, -0.2) is 27.7 Å². The molecule has 0 atom stereocenters. The molecule has 0 aliphatic carbocycles. The van der Waals surface area contributed by atoms with Crippen LogP contribution in [0, 0.1) is 17.0 Å². The highest BCUT2D eigenvalue weighted by atomic mass is 31.2. The van der Waals surface area contributed by atoms with Crippen molar-refractivity contribution in [1.82, 2.24) is 9.55 Å². The molecule has 1 aromatic carbocycles. The number of nitro benzene ring substituents is 1. The first kappa shape index (κ1) is 16.6. The molecule has 9 heteroatoms. The molecule has 0 saturated heterocycles. The molecule has 22 heavy (non-hydrogen) atoms. The summed E-state index contributed by atoms with van der Waals surface area (Å²) in [5, 5.41) is 10.9. The average molecular weight is 327 g/mol. The lowest BCUT2D eigenvalue weighted by Gasteiger charge is -2.18. The molecule has 0 N–H and O–H groups in total. The molecule has 1 heterocycles. The smallest absolute Gasteiger partial charge is 0.316 e. The second kappa shape index (κ2) is 6.56. The summed E-state index contributed by atoms with van der Waals surface area (Å²) in [4.78, 5) is 14.8. The average Bonchev–Trinajstić information content (AvgIpc) is 2.74. The quantitative estimate of drug-likeness (QED) is 0.439. The van der Waals surface area contributed by atoms with E-state index < -0.39 is 12.5 Å². The Kier molecular flexibility index (Phi) is 4.95. The molecule has 0 bridgehead atoms. The van der Waals surface area contributed by atoms with E-state index in [0.717, 1.165) is 0 Å². The molecule has 0 aliphatic rings. The maximum Gasteiger partial charge on any atom is 0.350 e. The van der Waals surface area contributed by atoms with E-state index >= 15 is 0 Å². The number of fused-ring (bicyclic) bond motifs is 1. The minimum absolute atomic E-state index is 0.0296. The monoisotopic (exact) mass is 327 g/mol. The third-order valence-corrected chi connectivity index (χ3v) is 5.03. The summed E-state index contributed by atoms with van der Waals surface area (Å²) >= 11 is 0. The van der Waals surface area contributed by atoms with Crippen molar-refractivity contribution in [3.05, 3.63) is 34.1 Å². The van der Waals surface area contributed by atoms with E-state index in [1.807, 2.05) is 0 Å². The van der Waals surface area contributed by atoms with Gasteiger partial charge in [-0.25, -0.2) is 4.98 Å². The molecule has 2 aromatic rings. The van der Waals surface area contributed by atoms with Crippen LogP contribution in [0.3, 0.4) is 0 Å². The maximum atomic E-state index is 12.7. The van der Waals surface area contributed by atoms with Gasteiger partial charge in [0, 0.05) is 12.1 Å². The number of nitrogens with zero attached hydrogens (tertiary/aromatic N) is 3. The number of non-ortho nitro benzene ring substituents is 1. The fraction of sp³-hybridized carbons (Fsp3) is 0.462. The number of hydrogen-bond acceptors (Lipinski definition) is 6. The van der Waals surface area contributed by atoms with Crippen LogP contribution in [0.4, 0.5) is 5.69 Å². The third-order valence-electron chi connectivity index (χ3n) is 3.10. The molecular formula is C13H18N3O5P. The minimum atomic E-state index is -3.33. The summed E-state index contributed by atoms with van der Waals surface area (Å²) in [6, 6.07) is 4.38. The molecule has 120 valence electrons. The van der Waals surface area contributed by atoms with E-state index in [2.05, 4.69) is 4.98 Å². The van der Waals surface area contributed by atoms with Crippen LogP contribution in [0.2, 0.25) is 0 Å². The molecule has 8 nitrogen and oxygen atoms in total. The van der Waals surface area contributed by atoms with Gasteiger partial charge < -0.3 is 13.6 Å². The van der Waals surface area contributed by atoms with E-state index in [1.165, 1.54) is 12.1 Å². The van der Waals surface area contributed by atoms with Crippen molar-refractivity contribution in [2.75, 3.05) is 13.2 Å². The Morgan fingerprint density at radius 2 is 1.95 bits per heavy atom. The Labute approximate surface area is 127 Å². The zero-order valence-corrected chi connectivity index (χ0v) is 13.6. The normalized spacial score (nSPS) is 12.0. The van der Waals surface area contributed by atoms with Crippen LogP contribution in [0.5, 0.6) is 0 Å². The predicted molar refractivity (Wildman–Crippen MR) is 82.0 cm³/mol. The third kappa shape index (κ3) is 3.35. The number of nitro groups is 1. The lowest BCUT2D eigenvalue weighted by atomic mass is 10.3. The van der Waals surface area contributed by atoms with Gasteiger partial charge in [-0.15, -0.1) is 0 Å². The van der Waals surface area contributed by atoms with Gasteiger partial charge in [-0.2, -0.15) is 0 Å². The summed E-state index contributed by atoms with van der Waals surface area (Å²) in [5.74, 6) is 0.593. The highest BCUT2D eigenvalue weighted by molar-refractivity contribution is 7.52.